The van der Waals surface area contributed by atoms with Crippen LogP contribution in [0.1, 0.15) is 39.2 Å². The van der Waals surface area contributed by atoms with Crippen LogP contribution in [-0.2, 0) is 25.0 Å². The Morgan fingerprint density at radius 2 is 1.90 bits per heavy atom. The van der Waals surface area contributed by atoms with Crippen molar-refractivity contribution >= 4 is 56.8 Å². The van der Waals surface area contributed by atoms with Crippen LogP contribution >= 0.6 is 11.6 Å². The molecule has 0 bridgehead atoms. The van der Waals surface area contributed by atoms with E-state index in [1.165, 1.54) is 47.4 Å². The van der Waals surface area contributed by atoms with Crippen molar-refractivity contribution in [2.45, 2.75) is 49.5 Å². The van der Waals surface area contributed by atoms with Gasteiger partial charge in [-0.3, -0.25) is 9.69 Å². The first-order chi connectivity index (χ1) is 19.3. The molecule has 1 fully saturated rings. The van der Waals surface area contributed by atoms with Crippen LogP contribution in [0.3, 0.4) is 0 Å². The average Bonchev–Trinajstić information content (AvgIpc) is 3.66. The normalized spacial score (nSPS) is 15.6. The molecule has 2 aliphatic rings. The van der Waals surface area contributed by atoms with E-state index in [0.717, 1.165) is 0 Å². The first-order valence-electron chi connectivity index (χ1n) is 12.8. The molecule has 41 heavy (non-hydrogen) atoms. The molecule has 1 aliphatic heterocycles. The van der Waals surface area contributed by atoms with Gasteiger partial charge in [0.1, 0.15) is 17.2 Å². The number of nitrogens with zero attached hydrogens (tertiary/aromatic N) is 4. The standard InChI is InChI=1S/C27H28ClFN6O5S/c1-26(2,3)40-25(37)34(13-12-30)41(38,39)18-7-5-17(6-8-18)32-24-31-15-19-22(33-24)35(23(36)27(19)10-11-27)21-14-16(29)4-9-20(21)28/h4-9,14-15H,10-13,30H2,1-3H3,(H,31,32,33). The third kappa shape index (κ3) is 5.32. The Balaban J connectivity index is 1.41. The second-order valence-corrected chi connectivity index (χ2v) is 13.0. The van der Waals surface area contributed by atoms with E-state index in [0.29, 0.717) is 34.2 Å². The van der Waals surface area contributed by atoms with Gasteiger partial charge >= 0.3 is 6.09 Å². The molecule has 2 heterocycles. The largest absolute Gasteiger partial charge is 0.443 e. The average molecular weight is 603 g/mol. The molecule has 0 radical (unpaired) electrons. The number of nitrogens with one attached hydrogen (secondary N) is 1. The maximum absolute atomic E-state index is 14.1. The second kappa shape index (κ2) is 10.2. The Kier molecular flexibility index (Phi) is 7.16. The molecule has 5 rings (SSSR count). The van der Waals surface area contributed by atoms with Crippen molar-refractivity contribution in [1.82, 2.24) is 14.3 Å². The highest BCUT2D eigenvalue weighted by molar-refractivity contribution is 7.89. The second-order valence-electron chi connectivity index (χ2n) is 10.7. The highest BCUT2D eigenvalue weighted by atomic mass is 35.5. The number of ether oxygens (including phenoxy) is 1. The van der Waals surface area contributed by atoms with Crippen LogP contribution in [0.25, 0.3) is 0 Å². The van der Waals surface area contributed by atoms with E-state index in [4.69, 9.17) is 22.1 Å². The number of halogens is 2. The summed E-state index contributed by atoms with van der Waals surface area (Å²) in [4.78, 5) is 36.1. The molecule has 11 nitrogen and oxygen atoms in total. The van der Waals surface area contributed by atoms with Crippen molar-refractivity contribution in [2.75, 3.05) is 23.3 Å². The summed E-state index contributed by atoms with van der Waals surface area (Å²) in [6, 6.07) is 9.37. The summed E-state index contributed by atoms with van der Waals surface area (Å²) in [7, 11) is -4.26. The van der Waals surface area contributed by atoms with Gasteiger partial charge in [0, 0.05) is 24.0 Å². The molecule has 2 aromatic carbocycles. The van der Waals surface area contributed by atoms with Crippen LogP contribution < -0.4 is 16.0 Å². The van der Waals surface area contributed by atoms with Crippen molar-refractivity contribution in [3.63, 3.8) is 0 Å². The summed E-state index contributed by atoms with van der Waals surface area (Å²) in [5.41, 5.74) is 5.17. The van der Waals surface area contributed by atoms with Gasteiger partial charge in [-0.1, -0.05) is 11.6 Å². The fourth-order valence-electron chi connectivity index (χ4n) is 4.56. The molecule has 1 aromatic heterocycles. The SMILES string of the molecule is CC(C)(C)OC(=O)N(CCN)S(=O)(=O)c1ccc(Nc2ncc3c(n2)N(c2cc(F)ccc2Cl)C(=O)C32CC2)cc1. The predicted octanol–water partition coefficient (Wildman–Crippen LogP) is 4.61. The zero-order valence-corrected chi connectivity index (χ0v) is 24.1. The number of carbonyl (C=O) groups excluding carboxylic acids is 2. The van der Waals surface area contributed by atoms with E-state index in [1.54, 1.807) is 27.0 Å². The van der Waals surface area contributed by atoms with Gasteiger partial charge < -0.3 is 15.8 Å². The lowest BCUT2D eigenvalue weighted by Crippen LogP contribution is -2.43. The third-order valence-electron chi connectivity index (χ3n) is 6.64. The van der Waals surface area contributed by atoms with Crippen molar-refractivity contribution < 1.29 is 27.1 Å². The van der Waals surface area contributed by atoms with Gasteiger partial charge in [-0.2, -0.15) is 9.29 Å². The molecule has 2 amide bonds. The Morgan fingerprint density at radius 1 is 1.22 bits per heavy atom. The molecule has 1 saturated carbocycles. The first kappa shape index (κ1) is 28.7. The smallest absolute Gasteiger partial charge is 0.424 e. The summed E-state index contributed by atoms with van der Waals surface area (Å²) in [6.07, 6.45) is 1.78. The van der Waals surface area contributed by atoms with Gasteiger partial charge in [-0.05, 0) is 76.1 Å². The summed E-state index contributed by atoms with van der Waals surface area (Å²) in [6.45, 7) is 4.55. The summed E-state index contributed by atoms with van der Waals surface area (Å²) >= 11 is 6.33. The van der Waals surface area contributed by atoms with E-state index < -0.39 is 32.9 Å². The number of nitrogens with two attached hydrogens (primary N) is 1. The Hall–Kier alpha value is -3.81. The number of hydrogen-bond acceptors (Lipinski definition) is 9. The van der Waals surface area contributed by atoms with E-state index in [-0.39, 0.29) is 40.6 Å². The highest BCUT2D eigenvalue weighted by Gasteiger charge is 2.61. The summed E-state index contributed by atoms with van der Waals surface area (Å²) < 4.78 is 46.4. The van der Waals surface area contributed by atoms with E-state index in [1.807, 2.05) is 0 Å². The molecule has 14 heteroatoms. The molecule has 3 aromatic rings. The van der Waals surface area contributed by atoms with Crippen LogP contribution in [0.2, 0.25) is 5.02 Å². The molecule has 1 spiro atoms. The predicted molar refractivity (Wildman–Crippen MR) is 150 cm³/mol. The highest BCUT2D eigenvalue weighted by Crippen LogP contribution is 2.58. The lowest BCUT2D eigenvalue weighted by molar-refractivity contribution is -0.119. The van der Waals surface area contributed by atoms with Crippen molar-refractivity contribution in [3.05, 3.63) is 65.1 Å². The van der Waals surface area contributed by atoms with Crippen LogP contribution in [0.4, 0.5) is 32.3 Å². The number of aromatic nitrogens is 2. The van der Waals surface area contributed by atoms with Gasteiger partial charge in [0.2, 0.25) is 11.9 Å². The number of carbonyl (C=O) groups is 2. The van der Waals surface area contributed by atoms with E-state index in [2.05, 4.69) is 15.3 Å². The number of hydrogen-bond donors (Lipinski definition) is 2. The molecule has 1 aliphatic carbocycles. The zero-order valence-electron chi connectivity index (χ0n) is 22.5. The molecule has 3 N–H and O–H groups in total. The topological polar surface area (TPSA) is 148 Å². The van der Waals surface area contributed by atoms with Gasteiger partial charge in [-0.15, -0.1) is 0 Å². The maximum Gasteiger partial charge on any atom is 0.424 e. The maximum atomic E-state index is 14.1. The van der Waals surface area contributed by atoms with Crippen LogP contribution in [0.5, 0.6) is 0 Å². The number of sulfonamides is 1. The molecule has 0 unspecified atom stereocenters. The van der Waals surface area contributed by atoms with Crippen LogP contribution in [0, 0.1) is 5.82 Å². The number of fused-ring (bicyclic) bond motifs is 2. The fourth-order valence-corrected chi connectivity index (χ4v) is 6.08. The molecule has 0 saturated heterocycles. The van der Waals surface area contributed by atoms with Crippen LogP contribution in [0.15, 0.2) is 53.6 Å². The monoisotopic (exact) mass is 602 g/mol. The minimum absolute atomic E-state index is 0.0879. The van der Waals surface area contributed by atoms with Crippen molar-refractivity contribution in [2.24, 2.45) is 5.73 Å². The van der Waals surface area contributed by atoms with Gasteiger partial charge in [0.15, 0.2) is 0 Å². The van der Waals surface area contributed by atoms with Gasteiger partial charge in [0.05, 0.1) is 27.6 Å². The zero-order chi connectivity index (χ0) is 29.7. The fraction of sp³-hybridized carbons (Fsp3) is 0.333. The minimum Gasteiger partial charge on any atom is -0.443 e. The number of rotatable bonds is 7. The summed E-state index contributed by atoms with van der Waals surface area (Å²) in [5.74, 6) is -0.366. The quantitative estimate of drug-likeness (QED) is 0.395. The Morgan fingerprint density at radius 3 is 2.51 bits per heavy atom. The third-order valence-corrected chi connectivity index (χ3v) is 8.73. The van der Waals surface area contributed by atoms with Crippen molar-refractivity contribution in [3.8, 4) is 0 Å². The molecular formula is C27H28ClFN6O5S. The van der Waals surface area contributed by atoms with Gasteiger partial charge in [0.25, 0.3) is 10.0 Å². The number of anilines is 4. The van der Waals surface area contributed by atoms with E-state index in [9.17, 15) is 22.4 Å². The minimum atomic E-state index is -4.26. The number of benzene rings is 2. The van der Waals surface area contributed by atoms with E-state index >= 15 is 0 Å². The summed E-state index contributed by atoms with van der Waals surface area (Å²) in [5, 5.41) is 3.19. The van der Waals surface area contributed by atoms with Gasteiger partial charge in [-0.25, -0.2) is 22.6 Å². The Labute approximate surface area is 241 Å². The van der Waals surface area contributed by atoms with Crippen LogP contribution in [-0.4, -0.2) is 53.4 Å². The molecule has 0 atom stereocenters. The lowest BCUT2D eigenvalue weighted by atomic mass is 10.0. The molecular weight excluding hydrogens is 575 g/mol. The number of amides is 2. The lowest BCUT2D eigenvalue weighted by Gasteiger charge is -2.26. The van der Waals surface area contributed by atoms with Crippen molar-refractivity contribution in [1.29, 1.82) is 0 Å². The Bertz CT molecular complexity index is 1640. The first-order valence-corrected chi connectivity index (χ1v) is 14.6. The molecule has 216 valence electrons.